The summed E-state index contributed by atoms with van der Waals surface area (Å²) in [6.07, 6.45) is 3.29. The van der Waals surface area contributed by atoms with Gasteiger partial charge in [-0.15, -0.1) is 0 Å². The van der Waals surface area contributed by atoms with Crippen molar-refractivity contribution in [3.63, 3.8) is 0 Å². The summed E-state index contributed by atoms with van der Waals surface area (Å²) in [7, 11) is 1.86. The fourth-order valence-electron chi connectivity index (χ4n) is 3.41. The van der Waals surface area contributed by atoms with Gasteiger partial charge in [0.15, 0.2) is 0 Å². The van der Waals surface area contributed by atoms with Crippen LogP contribution in [0.1, 0.15) is 33.6 Å². The molecule has 3 aliphatic rings. The van der Waals surface area contributed by atoms with Crippen LogP contribution in [0.3, 0.4) is 0 Å². The number of methoxy groups -OCH3 is 1. The number of hydrogen-bond donors (Lipinski definition) is 0. The topological polar surface area (TPSA) is 9.23 Å². The number of hydrogen-bond acceptors (Lipinski definition) is 1. The summed E-state index contributed by atoms with van der Waals surface area (Å²) in [6.45, 7) is 7.21. The smallest absolute Gasteiger partial charge is 0.0602 e. The van der Waals surface area contributed by atoms with Gasteiger partial charge in [0.1, 0.15) is 0 Å². The van der Waals surface area contributed by atoms with Gasteiger partial charge in [0, 0.05) is 7.11 Å². The summed E-state index contributed by atoms with van der Waals surface area (Å²) < 4.78 is 5.50. The van der Waals surface area contributed by atoms with E-state index in [1.807, 2.05) is 7.11 Å². The molecule has 0 spiro atoms. The van der Waals surface area contributed by atoms with E-state index in [1.54, 1.807) is 0 Å². The highest BCUT2D eigenvalue weighted by molar-refractivity contribution is 5.05. The van der Waals surface area contributed by atoms with Crippen LogP contribution < -0.4 is 0 Å². The summed E-state index contributed by atoms with van der Waals surface area (Å²) in [6, 6.07) is 0. The van der Waals surface area contributed by atoms with Crippen LogP contribution >= 0.6 is 0 Å². The average Bonchev–Trinajstić information content (AvgIpc) is 2.03. The zero-order valence-electron chi connectivity index (χ0n) is 8.63. The van der Waals surface area contributed by atoms with Crippen molar-refractivity contribution in [2.75, 3.05) is 7.11 Å². The molecule has 0 unspecified atom stereocenters. The minimum atomic E-state index is 0.543. The number of rotatable bonds is 1. The summed E-state index contributed by atoms with van der Waals surface area (Å²) >= 11 is 0. The van der Waals surface area contributed by atoms with Crippen LogP contribution in [-0.2, 0) is 4.74 Å². The highest BCUT2D eigenvalue weighted by atomic mass is 16.5. The molecular formula is C11H20O. The molecule has 4 atom stereocenters. The van der Waals surface area contributed by atoms with E-state index in [0.29, 0.717) is 11.5 Å². The van der Waals surface area contributed by atoms with Gasteiger partial charge in [-0.05, 0) is 36.0 Å². The Morgan fingerprint density at radius 2 is 1.92 bits per heavy atom. The predicted molar refractivity (Wildman–Crippen MR) is 50.0 cm³/mol. The molecule has 1 heteroatoms. The molecule has 1 nitrogen and oxygen atoms in total. The van der Waals surface area contributed by atoms with Gasteiger partial charge in [-0.1, -0.05) is 20.8 Å². The Labute approximate surface area is 75.5 Å². The van der Waals surface area contributed by atoms with Gasteiger partial charge in [0.25, 0.3) is 0 Å². The Hall–Kier alpha value is -0.0400. The molecule has 2 bridgehead atoms. The first-order valence-electron chi connectivity index (χ1n) is 5.10. The van der Waals surface area contributed by atoms with Crippen molar-refractivity contribution in [2.45, 2.75) is 39.7 Å². The van der Waals surface area contributed by atoms with Crippen LogP contribution in [0.2, 0.25) is 0 Å². The molecule has 0 aliphatic heterocycles. The Morgan fingerprint density at radius 1 is 1.25 bits per heavy atom. The molecule has 0 aromatic carbocycles. The molecule has 0 aromatic rings. The van der Waals surface area contributed by atoms with Gasteiger partial charge < -0.3 is 4.74 Å². The third kappa shape index (κ3) is 0.891. The molecule has 0 radical (unpaired) electrons. The Bertz CT molecular complexity index is 185. The lowest BCUT2D eigenvalue weighted by Gasteiger charge is -2.61. The number of fused-ring (bicyclic) bond motifs is 2. The largest absolute Gasteiger partial charge is 0.381 e. The lowest BCUT2D eigenvalue weighted by Crippen LogP contribution is -2.57. The van der Waals surface area contributed by atoms with Crippen LogP contribution in [0, 0.1) is 23.2 Å². The second-order valence-corrected chi connectivity index (χ2v) is 5.23. The fraction of sp³-hybridized carbons (Fsp3) is 1.00. The second kappa shape index (κ2) is 2.47. The monoisotopic (exact) mass is 168 g/mol. The lowest BCUT2D eigenvalue weighted by molar-refractivity contribution is -0.163. The lowest BCUT2D eigenvalue weighted by atomic mass is 9.45. The summed E-state index contributed by atoms with van der Waals surface area (Å²) in [4.78, 5) is 0. The zero-order chi connectivity index (χ0) is 8.93. The third-order valence-electron chi connectivity index (χ3n) is 4.59. The van der Waals surface area contributed by atoms with Crippen molar-refractivity contribution in [1.82, 2.24) is 0 Å². The van der Waals surface area contributed by atoms with E-state index in [0.717, 1.165) is 17.8 Å². The van der Waals surface area contributed by atoms with Gasteiger partial charge in [0.2, 0.25) is 0 Å². The van der Waals surface area contributed by atoms with Crippen LogP contribution in [0.25, 0.3) is 0 Å². The first-order valence-corrected chi connectivity index (χ1v) is 5.10. The van der Waals surface area contributed by atoms with E-state index in [1.165, 1.54) is 12.8 Å². The van der Waals surface area contributed by atoms with E-state index < -0.39 is 0 Å². The molecule has 3 saturated carbocycles. The Balaban J connectivity index is 2.11. The Morgan fingerprint density at radius 3 is 2.33 bits per heavy atom. The van der Waals surface area contributed by atoms with Crippen molar-refractivity contribution in [1.29, 1.82) is 0 Å². The molecule has 70 valence electrons. The van der Waals surface area contributed by atoms with E-state index in [2.05, 4.69) is 20.8 Å². The minimum Gasteiger partial charge on any atom is -0.381 e. The number of ether oxygens (including phenoxy) is 1. The molecular weight excluding hydrogens is 148 g/mol. The van der Waals surface area contributed by atoms with Gasteiger partial charge in [-0.3, -0.25) is 0 Å². The standard InChI is InChI=1S/C11H20O/c1-7-9-5-8(11(9,2)3)6-10(7)12-4/h7-10H,5-6H2,1-4H3/t7-,8-,9+,10-/m0/s1. The highest BCUT2D eigenvalue weighted by Gasteiger charge is 2.56. The first-order chi connectivity index (χ1) is 5.57. The van der Waals surface area contributed by atoms with Gasteiger partial charge in [-0.25, -0.2) is 0 Å². The minimum absolute atomic E-state index is 0.543. The van der Waals surface area contributed by atoms with Gasteiger partial charge >= 0.3 is 0 Å². The summed E-state index contributed by atoms with van der Waals surface area (Å²) in [5, 5.41) is 0. The highest BCUT2D eigenvalue weighted by Crippen LogP contribution is 2.61. The van der Waals surface area contributed by atoms with Crippen LogP contribution in [0.15, 0.2) is 0 Å². The average molecular weight is 168 g/mol. The molecule has 12 heavy (non-hydrogen) atoms. The molecule has 3 fully saturated rings. The quantitative estimate of drug-likeness (QED) is 0.585. The molecule has 0 saturated heterocycles. The van der Waals surface area contributed by atoms with Crippen molar-refractivity contribution in [3.8, 4) is 0 Å². The molecule has 0 heterocycles. The maximum Gasteiger partial charge on any atom is 0.0602 e. The maximum absolute atomic E-state index is 5.50. The second-order valence-electron chi connectivity index (χ2n) is 5.23. The van der Waals surface area contributed by atoms with Crippen LogP contribution in [-0.4, -0.2) is 13.2 Å². The summed E-state index contributed by atoms with van der Waals surface area (Å²) in [5.74, 6) is 2.62. The molecule has 3 aliphatic carbocycles. The van der Waals surface area contributed by atoms with Crippen molar-refractivity contribution >= 4 is 0 Å². The van der Waals surface area contributed by atoms with Crippen LogP contribution in [0.4, 0.5) is 0 Å². The fourth-order valence-corrected chi connectivity index (χ4v) is 3.41. The SMILES string of the molecule is CO[C@H]1C[C@@H]2C[C@H]([C@@H]1C)C2(C)C. The molecule has 0 N–H and O–H groups in total. The third-order valence-corrected chi connectivity index (χ3v) is 4.59. The first kappa shape index (κ1) is 8.55. The zero-order valence-corrected chi connectivity index (χ0v) is 8.63. The summed E-state index contributed by atoms with van der Waals surface area (Å²) in [5.41, 5.74) is 0.606. The van der Waals surface area contributed by atoms with E-state index in [-0.39, 0.29) is 0 Å². The molecule has 3 rings (SSSR count). The van der Waals surface area contributed by atoms with Crippen molar-refractivity contribution < 1.29 is 4.74 Å². The van der Waals surface area contributed by atoms with Crippen molar-refractivity contribution in [3.05, 3.63) is 0 Å². The normalized spacial score (nSPS) is 50.0. The van der Waals surface area contributed by atoms with Crippen LogP contribution in [0.5, 0.6) is 0 Å². The Kier molecular flexibility index (Phi) is 1.76. The predicted octanol–water partition coefficient (Wildman–Crippen LogP) is 2.70. The van der Waals surface area contributed by atoms with Gasteiger partial charge in [0.05, 0.1) is 6.10 Å². The van der Waals surface area contributed by atoms with E-state index >= 15 is 0 Å². The van der Waals surface area contributed by atoms with E-state index in [4.69, 9.17) is 4.74 Å². The molecule has 0 amide bonds. The maximum atomic E-state index is 5.50. The van der Waals surface area contributed by atoms with E-state index in [9.17, 15) is 0 Å². The molecule has 0 aromatic heterocycles. The van der Waals surface area contributed by atoms with Gasteiger partial charge in [-0.2, -0.15) is 0 Å². The van der Waals surface area contributed by atoms with Crippen molar-refractivity contribution in [2.24, 2.45) is 23.2 Å².